The number of rotatable bonds is 4. The van der Waals surface area contributed by atoms with Crippen LogP contribution in [-0.2, 0) is 18.9 Å². The van der Waals surface area contributed by atoms with Crippen molar-refractivity contribution in [1.82, 2.24) is 0 Å². The molecule has 172 valence electrons. The van der Waals surface area contributed by atoms with Gasteiger partial charge in [-0.2, -0.15) is 0 Å². The SMILES string of the molecule is C[C@]12C=CC(=O)C=C1CC[C@@H]1[C@@H]2[C@@H](O)C[C@@]2(C)[C@H]1CC[C@]2(O)C(=O)C(O)P(=O)(O)OF. The lowest BCUT2D eigenvalue weighted by atomic mass is 9.46. The van der Waals surface area contributed by atoms with Gasteiger partial charge in [0.25, 0.3) is 0 Å². The lowest BCUT2D eigenvalue weighted by Crippen LogP contribution is -2.62. The molecule has 0 spiro atoms. The summed E-state index contributed by atoms with van der Waals surface area (Å²) in [5, 5.41) is 32.6. The largest absolute Gasteiger partial charge is 0.396 e. The average Bonchev–Trinajstić information content (AvgIpc) is 2.98. The summed E-state index contributed by atoms with van der Waals surface area (Å²) in [5.74, 6) is -4.69. The summed E-state index contributed by atoms with van der Waals surface area (Å²) in [6.45, 7) is 3.63. The molecule has 0 aliphatic heterocycles. The van der Waals surface area contributed by atoms with Crippen LogP contribution in [0.15, 0.2) is 23.8 Å². The number of aliphatic hydroxyl groups excluding tert-OH is 2. The van der Waals surface area contributed by atoms with Crippen LogP contribution in [0, 0.1) is 28.6 Å². The number of hydrogen-bond acceptors (Lipinski definition) is 7. The number of aliphatic hydroxyl groups is 3. The molecule has 10 heteroatoms. The van der Waals surface area contributed by atoms with Gasteiger partial charge in [-0.25, -0.2) is 0 Å². The minimum atomic E-state index is -5.30. The van der Waals surface area contributed by atoms with Gasteiger partial charge in [0.15, 0.2) is 5.78 Å². The molecule has 31 heavy (non-hydrogen) atoms. The van der Waals surface area contributed by atoms with E-state index in [0.717, 1.165) is 5.57 Å². The molecule has 2 unspecified atom stereocenters. The second kappa shape index (κ2) is 7.14. The van der Waals surface area contributed by atoms with E-state index in [1.807, 2.05) is 13.0 Å². The van der Waals surface area contributed by atoms with E-state index >= 15 is 0 Å². The Morgan fingerprint density at radius 2 is 2.03 bits per heavy atom. The van der Waals surface area contributed by atoms with Crippen LogP contribution in [0.2, 0.25) is 0 Å². The summed E-state index contributed by atoms with van der Waals surface area (Å²) in [5.41, 5.74) is -2.96. The van der Waals surface area contributed by atoms with Crippen LogP contribution in [0.1, 0.15) is 46.0 Å². The predicted octanol–water partition coefficient (Wildman–Crippen LogP) is 1.97. The fourth-order valence-electron chi connectivity index (χ4n) is 7.13. The summed E-state index contributed by atoms with van der Waals surface area (Å²) in [4.78, 5) is 34.2. The minimum Gasteiger partial charge on any atom is -0.393 e. The van der Waals surface area contributed by atoms with E-state index in [1.54, 1.807) is 13.0 Å². The average molecular weight is 458 g/mol. The van der Waals surface area contributed by atoms with Gasteiger partial charge in [-0.3, -0.25) is 14.2 Å². The highest BCUT2D eigenvalue weighted by atomic mass is 31.2. The Balaban J connectivity index is 1.70. The lowest BCUT2D eigenvalue weighted by Gasteiger charge is -2.59. The topological polar surface area (TPSA) is 141 Å². The standard InChI is InChI=1S/C21H28FO8P/c1-19-7-5-12(23)9-11(19)3-4-13-14-6-8-21(27,17(25)18(26)31(28,29)30-22)20(14,2)10-15(24)16(13)19/h5,7,9,13-16,18,24,26-27H,3-4,6,8,10H2,1-2H3,(H,28,29)/t13-,14-,15-,16+,18?,19-,20-,21-/m0/s1. The summed E-state index contributed by atoms with van der Waals surface area (Å²) in [6, 6.07) is 0. The van der Waals surface area contributed by atoms with E-state index < -0.39 is 41.8 Å². The maximum Gasteiger partial charge on any atom is 0.396 e. The molecule has 9 atom stereocenters. The molecule has 0 saturated heterocycles. The first-order valence-corrected chi connectivity index (χ1v) is 12.2. The molecule has 4 rings (SSSR count). The van der Waals surface area contributed by atoms with Crippen molar-refractivity contribution in [3.63, 3.8) is 0 Å². The molecule has 4 aliphatic carbocycles. The van der Waals surface area contributed by atoms with Crippen molar-refractivity contribution in [2.45, 2.75) is 63.5 Å². The zero-order valence-corrected chi connectivity index (χ0v) is 18.3. The number of ketones is 2. The Morgan fingerprint density at radius 3 is 2.68 bits per heavy atom. The second-order valence-corrected chi connectivity index (χ2v) is 11.7. The van der Waals surface area contributed by atoms with Crippen LogP contribution in [0.3, 0.4) is 0 Å². The van der Waals surface area contributed by atoms with Crippen molar-refractivity contribution < 1.29 is 43.6 Å². The van der Waals surface area contributed by atoms with Gasteiger partial charge in [-0.15, -0.1) is 4.73 Å². The van der Waals surface area contributed by atoms with Gasteiger partial charge in [-0.1, -0.05) is 25.5 Å². The maximum absolute atomic E-state index is 12.9. The Kier molecular flexibility index (Phi) is 5.29. The van der Waals surface area contributed by atoms with Gasteiger partial charge in [0, 0.05) is 16.7 Å². The highest BCUT2D eigenvalue weighted by molar-refractivity contribution is 7.54. The van der Waals surface area contributed by atoms with Gasteiger partial charge in [0.05, 0.1) is 6.10 Å². The molecule has 0 heterocycles. The number of allylic oxidation sites excluding steroid dienone is 4. The Morgan fingerprint density at radius 1 is 1.35 bits per heavy atom. The Hall–Kier alpha value is -1.22. The van der Waals surface area contributed by atoms with E-state index in [2.05, 4.69) is 4.73 Å². The molecule has 4 N–H and O–H groups in total. The Labute approximate surface area is 179 Å². The summed E-state index contributed by atoms with van der Waals surface area (Å²) in [6.07, 6.45) is 5.68. The highest BCUT2D eigenvalue weighted by Crippen LogP contribution is 2.67. The molecule has 0 aromatic heterocycles. The van der Waals surface area contributed by atoms with Crippen LogP contribution >= 0.6 is 7.60 Å². The molecule has 3 saturated carbocycles. The summed E-state index contributed by atoms with van der Waals surface area (Å²) >= 11 is 0. The van der Waals surface area contributed by atoms with E-state index in [9.17, 15) is 38.9 Å². The zero-order valence-electron chi connectivity index (χ0n) is 17.4. The van der Waals surface area contributed by atoms with Crippen LogP contribution in [0.5, 0.6) is 0 Å². The fourth-order valence-corrected chi connectivity index (χ4v) is 7.72. The van der Waals surface area contributed by atoms with Crippen LogP contribution < -0.4 is 0 Å². The van der Waals surface area contributed by atoms with Crippen LogP contribution in [0.4, 0.5) is 4.53 Å². The quantitative estimate of drug-likeness (QED) is 0.469. The third kappa shape index (κ3) is 3.01. The first kappa shape index (κ1) is 23.0. The van der Waals surface area contributed by atoms with Crippen LogP contribution in [0.25, 0.3) is 0 Å². The second-order valence-electron chi connectivity index (χ2n) is 9.98. The van der Waals surface area contributed by atoms with Crippen molar-refractivity contribution in [2.24, 2.45) is 28.6 Å². The van der Waals surface area contributed by atoms with Crippen molar-refractivity contribution >= 4 is 19.2 Å². The maximum atomic E-state index is 12.9. The molecular formula is C21H28FO8P. The molecule has 0 aromatic carbocycles. The first-order valence-electron chi connectivity index (χ1n) is 10.5. The predicted molar refractivity (Wildman–Crippen MR) is 106 cm³/mol. The number of carbonyl (C=O) groups is 2. The molecule has 0 bridgehead atoms. The van der Waals surface area contributed by atoms with Crippen molar-refractivity contribution in [3.8, 4) is 0 Å². The molecule has 0 amide bonds. The summed E-state index contributed by atoms with van der Waals surface area (Å²) < 4.78 is 27.1. The van der Waals surface area contributed by atoms with Gasteiger partial charge >= 0.3 is 7.60 Å². The van der Waals surface area contributed by atoms with Crippen molar-refractivity contribution in [3.05, 3.63) is 23.8 Å². The normalized spacial score (nSPS) is 46.9. The van der Waals surface area contributed by atoms with Gasteiger partial charge in [0.1, 0.15) is 5.60 Å². The highest BCUT2D eigenvalue weighted by Gasteiger charge is 2.69. The third-order valence-electron chi connectivity index (χ3n) is 8.70. The van der Waals surface area contributed by atoms with Gasteiger partial charge in [-0.05, 0) is 60.6 Å². The molecule has 3 fully saturated rings. The summed E-state index contributed by atoms with van der Waals surface area (Å²) in [7, 11) is -5.30. The number of fused-ring (bicyclic) bond motifs is 5. The van der Waals surface area contributed by atoms with E-state index in [1.165, 1.54) is 6.08 Å². The first-order chi connectivity index (χ1) is 14.3. The Bertz CT molecular complexity index is 932. The van der Waals surface area contributed by atoms with E-state index in [4.69, 9.17) is 0 Å². The lowest BCUT2D eigenvalue weighted by molar-refractivity contribution is -0.181. The zero-order chi connectivity index (χ0) is 23.0. The molecular weight excluding hydrogens is 430 g/mol. The number of Topliss-reactive ketones (excluding diaryl/α,β-unsaturated/α-hetero) is 1. The van der Waals surface area contributed by atoms with Gasteiger partial charge < -0.3 is 20.2 Å². The molecule has 8 nitrogen and oxygen atoms in total. The van der Waals surface area contributed by atoms with Crippen LogP contribution in [-0.4, -0.2) is 49.3 Å². The number of carbonyl (C=O) groups excluding carboxylic acids is 2. The smallest absolute Gasteiger partial charge is 0.393 e. The third-order valence-corrected chi connectivity index (χ3v) is 9.75. The fraction of sp³-hybridized carbons (Fsp3) is 0.714. The molecule has 0 radical (unpaired) electrons. The number of halogens is 1. The van der Waals surface area contributed by atoms with Crippen molar-refractivity contribution in [1.29, 1.82) is 0 Å². The van der Waals surface area contributed by atoms with Crippen molar-refractivity contribution in [2.75, 3.05) is 0 Å². The monoisotopic (exact) mass is 458 g/mol. The van der Waals surface area contributed by atoms with Gasteiger partial charge in [0.2, 0.25) is 11.6 Å². The number of hydrogen-bond donors (Lipinski definition) is 4. The van der Waals surface area contributed by atoms with E-state index in [0.29, 0.717) is 19.3 Å². The molecule has 4 aliphatic rings. The molecule has 0 aromatic rings. The van der Waals surface area contributed by atoms with E-state index in [-0.39, 0.29) is 36.4 Å². The minimum absolute atomic E-state index is 0.0185.